The monoisotopic (exact) mass is 545 g/mol. The van der Waals surface area contributed by atoms with Crippen LogP contribution >= 0.6 is 23.2 Å². The van der Waals surface area contributed by atoms with Crippen molar-refractivity contribution in [2.24, 2.45) is 0 Å². The van der Waals surface area contributed by atoms with E-state index in [0.29, 0.717) is 13.0 Å². The molecule has 4 rings (SSSR count). The van der Waals surface area contributed by atoms with E-state index < -0.39 is 22.5 Å². The Morgan fingerprint density at radius 2 is 1.64 bits per heavy atom. The number of rotatable bonds is 9. The second-order valence-corrected chi connectivity index (χ2v) is 11.1. The molecule has 0 bridgehead atoms. The summed E-state index contributed by atoms with van der Waals surface area (Å²) in [5.74, 6) is -0.335. The molecule has 1 aliphatic rings. The molecular weight excluding hydrogens is 521 g/mol. The van der Waals surface area contributed by atoms with Crippen LogP contribution < -0.4 is 9.62 Å². The van der Waals surface area contributed by atoms with Crippen molar-refractivity contribution in [3.8, 4) is 0 Å². The van der Waals surface area contributed by atoms with Gasteiger partial charge in [0.15, 0.2) is 0 Å². The maximum absolute atomic E-state index is 13.4. The largest absolute Gasteiger partial charge is 0.350 e. The van der Waals surface area contributed by atoms with Gasteiger partial charge >= 0.3 is 0 Å². The predicted octanol–water partition coefficient (Wildman–Crippen LogP) is 4.63. The maximum atomic E-state index is 13.4. The average Bonchev–Trinajstić information content (AvgIpc) is 3.28. The molecule has 0 aliphatic carbocycles. The molecule has 1 N–H and O–H groups in total. The van der Waals surface area contributed by atoms with E-state index in [2.05, 4.69) is 5.32 Å². The number of amides is 2. The summed E-state index contributed by atoms with van der Waals surface area (Å²) in [4.78, 5) is 26.6. The first kappa shape index (κ1) is 26.0. The van der Waals surface area contributed by atoms with Gasteiger partial charge < -0.3 is 10.2 Å². The molecule has 1 heterocycles. The summed E-state index contributed by atoms with van der Waals surface area (Å²) in [6.07, 6.45) is 1.49. The number of carbonyl (C=O) groups excluding carboxylic acids is 2. The minimum atomic E-state index is -4.10. The lowest BCUT2D eigenvalue weighted by Crippen LogP contribution is -2.40. The number of sulfonamides is 1. The molecule has 1 aliphatic heterocycles. The third-order valence-electron chi connectivity index (χ3n) is 5.88. The van der Waals surface area contributed by atoms with Crippen molar-refractivity contribution in [3.63, 3.8) is 0 Å². The average molecular weight is 546 g/mol. The summed E-state index contributed by atoms with van der Waals surface area (Å²) in [7, 11) is -4.10. The molecule has 3 aromatic carbocycles. The number of nitrogens with one attached hydrogen (secondary N) is 1. The molecule has 0 spiro atoms. The summed E-state index contributed by atoms with van der Waals surface area (Å²) >= 11 is 12.5. The van der Waals surface area contributed by atoms with Gasteiger partial charge in [0.05, 0.1) is 20.6 Å². The van der Waals surface area contributed by atoms with Crippen LogP contribution in [0.3, 0.4) is 0 Å². The minimum Gasteiger partial charge on any atom is -0.350 e. The number of nitrogens with zero attached hydrogens (tertiary/aromatic N) is 2. The fraction of sp³-hybridized carbons (Fsp3) is 0.231. The van der Waals surface area contributed by atoms with Gasteiger partial charge in [0.2, 0.25) is 11.8 Å². The molecule has 0 atom stereocenters. The first-order chi connectivity index (χ1) is 17.3. The van der Waals surface area contributed by atoms with E-state index in [1.807, 2.05) is 29.2 Å². The highest BCUT2D eigenvalue weighted by molar-refractivity contribution is 7.92. The highest BCUT2D eigenvalue weighted by Crippen LogP contribution is 2.35. The van der Waals surface area contributed by atoms with Crippen LogP contribution in [-0.4, -0.2) is 38.2 Å². The number of hydrogen-bond donors (Lipinski definition) is 1. The van der Waals surface area contributed by atoms with Crippen LogP contribution in [0.4, 0.5) is 5.69 Å². The van der Waals surface area contributed by atoms with Crippen LogP contribution in [0, 0.1) is 0 Å². The number of carbonyl (C=O) groups is 2. The van der Waals surface area contributed by atoms with Crippen molar-refractivity contribution >= 4 is 50.7 Å². The molecule has 0 radical (unpaired) electrons. The zero-order chi connectivity index (χ0) is 25.7. The molecule has 188 valence electrons. The highest BCUT2D eigenvalue weighted by atomic mass is 35.5. The Morgan fingerprint density at radius 3 is 2.31 bits per heavy atom. The van der Waals surface area contributed by atoms with Crippen LogP contribution in [-0.2, 0) is 32.7 Å². The molecule has 1 saturated heterocycles. The lowest BCUT2D eigenvalue weighted by atomic mass is 10.1. The Morgan fingerprint density at radius 1 is 0.944 bits per heavy atom. The van der Waals surface area contributed by atoms with Gasteiger partial charge in [-0.05, 0) is 41.8 Å². The van der Waals surface area contributed by atoms with Crippen molar-refractivity contribution in [2.75, 3.05) is 17.4 Å². The Kier molecular flexibility index (Phi) is 8.18. The highest BCUT2D eigenvalue weighted by Gasteiger charge is 2.29. The van der Waals surface area contributed by atoms with Gasteiger partial charge in [-0.25, -0.2) is 8.42 Å². The Balaban J connectivity index is 1.46. The fourth-order valence-corrected chi connectivity index (χ4v) is 5.85. The second-order valence-electron chi connectivity index (χ2n) is 8.41. The molecule has 36 heavy (non-hydrogen) atoms. The molecule has 0 saturated carbocycles. The van der Waals surface area contributed by atoms with Gasteiger partial charge in [0.25, 0.3) is 10.0 Å². The molecule has 3 aromatic rings. The van der Waals surface area contributed by atoms with Crippen molar-refractivity contribution in [3.05, 3.63) is 94.0 Å². The van der Waals surface area contributed by atoms with E-state index in [4.69, 9.17) is 23.2 Å². The third kappa shape index (κ3) is 6.00. The van der Waals surface area contributed by atoms with Crippen molar-refractivity contribution < 1.29 is 18.0 Å². The first-order valence-corrected chi connectivity index (χ1v) is 13.6. The van der Waals surface area contributed by atoms with Crippen LogP contribution in [0.15, 0.2) is 77.7 Å². The van der Waals surface area contributed by atoms with Crippen molar-refractivity contribution in [1.29, 1.82) is 0 Å². The van der Waals surface area contributed by atoms with Crippen LogP contribution in [0.1, 0.15) is 24.0 Å². The summed E-state index contributed by atoms with van der Waals surface area (Å²) in [6.45, 7) is 1.07. The standard InChI is InChI=1S/C26H25Cl2N3O4S/c27-22-8-4-9-23(26(22)28)31(36(34,35)21-6-2-1-3-7-21)18-24(32)29-16-19-11-13-20(14-12-19)17-30-15-5-10-25(30)33/h1-4,6-9,11-14H,5,10,15-18H2,(H,29,32). The van der Waals surface area contributed by atoms with E-state index in [0.717, 1.165) is 28.4 Å². The summed E-state index contributed by atoms with van der Waals surface area (Å²) < 4.78 is 27.8. The van der Waals surface area contributed by atoms with E-state index >= 15 is 0 Å². The molecule has 2 amide bonds. The molecule has 7 nitrogen and oxygen atoms in total. The van der Waals surface area contributed by atoms with Gasteiger partial charge in [-0.2, -0.15) is 0 Å². The van der Waals surface area contributed by atoms with Gasteiger partial charge in [0, 0.05) is 26.1 Å². The molecular formula is C26H25Cl2N3O4S. The van der Waals surface area contributed by atoms with E-state index in [1.54, 1.807) is 30.3 Å². The molecule has 1 fully saturated rings. The maximum Gasteiger partial charge on any atom is 0.264 e. The van der Waals surface area contributed by atoms with Crippen LogP contribution in [0.2, 0.25) is 10.0 Å². The van der Waals surface area contributed by atoms with Gasteiger partial charge in [-0.3, -0.25) is 13.9 Å². The Labute approximate surface area is 220 Å². The molecule has 0 unspecified atom stereocenters. The normalized spacial score (nSPS) is 13.6. The smallest absolute Gasteiger partial charge is 0.264 e. The number of hydrogen-bond acceptors (Lipinski definition) is 4. The number of halogens is 2. The third-order valence-corrected chi connectivity index (χ3v) is 8.46. The lowest BCUT2D eigenvalue weighted by molar-refractivity contribution is -0.128. The Hall–Kier alpha value is -3.07. The molecule has 10 heteroatoms. The zero-order valence-corrected chi connectivity index (χ0v) is 21.7. The van der Waals surface area contributed by atoms with Gasteiger partial charge in [0.1, 0.15) is 6.54 Å². The van der Waals surface area contributed by atoms with Crippen LogP contribution in [0.5, 0.6) is 0 Å². The topological polar surface area (TPSA) is 86.8 Å². The SMILES string of the molecule is O=C(CN(c1cccc(Cl)c1Cl)S(=O)(=O)c1ccccc1)NCc1ccc(CN2CCCC2=O)cc1. The quantitative estimate of drug-likeness (QED) is 0.424. The van der Waals surface area contributed by atoms with E-state index in [9.17, 15) is 18.0 Å². The number of likely N-dealkylation sites (tertiary alicyclic amines) is 1. The second kappa shape index (κ2) is 11.3. The molecule has 0 aromatic heterocycles. The zero-order valence-electron chi connectivity index (χ0n) is 19.4. The first-order valence-electron chi connectivity index (χ1n) is 11.4. The summed E-state index contributed by atoms with van der Waals surface area (Å²) in [5, 5.41) is 2.99. The fourth-order valence-electron chi connectivity index (χ4n) is 3.95. The van der Waals surface area contributed by atoms with Gasteiger partial charge in [-0.1, -0.05) is 71.7 Å². The van der Waals surface area contributed by atoms with Crippen molar-refractivity contribution in [2.45, 2.75) is 30.8 Å². The summed E-state index contributed by atoms with van der Waals surface area (Å²) in [6, 6.07) is 20.0. The number of benzene rings is 3. The lowest BCUT2D eigenvalue weighted by Gasteiger charge is -2.25. The predicted molar refractivity (Wildman–Crippen MR) is 140 cm³/mol. The van der Waals surface area contributed by atoms with Crippen LogP contribution in [0.25, 0.3) is 0 Å². The van der Waals surface area contributed by atoms with E-state index in [-0.39, 0.29) is 33.1 Å². The summed E-state index contributed by atoms with van der Waals surface area (Å²) in [5.41, 5.74) is 1.97. The van der Waals surface area contributed by atoms with E-state index in [1.165, 1.54) is 18.2 Å². The Bertz CT molecular complexity index is 1350. The van der Waals surface area contributed by atoms with Gasteiger partial charge in [-0.15, -0.1) is 0 Å². The minimum absolute atomic E-state index is 0.0286. The van der Waals surface area contributed by atoms with Crippen molar-refractivity contribution in [1.82, 2.24) is 10.2 Å². The number of anilines is 1.